The van der Waals surface area contributed by atoms with Crippen LogP contribution in [0.1, 0.15) is 10.4 Å². The van der Waals surface area contributed by atoms with E-state index in [2.05, 4.69) is 21.2 Å². The van der Waals surface area contributed by atoms with E-state index in [0.717, 1.165) is 26.6 Å². The van der Waals surface area contributed by atoms with E-state index in [1.807, 2.05) is 66.3 Å². The number of aryl methyl sites for hydroxylation is 1. The van der Waals surface area contributed by atoms with Gasteiger partial charge in [-0.1, -0.05) is 34.1 Å². The Kier molecular flexibility index (Phi) is 3.80. The second kappa shape index (κ2) is 5.74. The average molecular weight is 343 g/mol. The van der Waals surface area contributed by atoms with Crippen molar-refractivity contribution in [2.75, 3.05) is 11.9 Å². The predicted molar refractivity (Wildman–Crippen MR) is 89.9 cm³/mol. The third kappa shape index (κ3) is 2.85. The van der Waals surface area contributed by atoms with Gasteiger partial charge in [-0.2, -0.15) is 0 Å². The summed E-state index contributed by atoms with van der Waals surface area (Å²) in [6.45, 7) is 0.287. The van der Waals surface area contributed by atoms with Crippen LogP contribution in [0.2, 0.25) is 0 Å². The van der Waals surface area contributed by atoms with Crippen LogP contribution in [0.25, 0.3) is 10.9 Å². The maximum Gasteiger partial charge on any atom is 0.184 e. The maximum absolute atomic E-state index is 12.4. The number of rotatable bonds is 4. The zero-order chi connectivity index (χ0) is 14.8. The normalized spacial score (nSPS) is 10.8. The fourth-order valence-electron chi connectivity index (χ4n) is 2.41. The molecule has 0 aliphatic heterocycles. The van der Waals surface area contributed by atoms with Gasteiger partial charge in [-0.3, -0.25) is 4.79 Å². The summed E-state index contributed by atoms with van der Waals surface area (Å²) in [6, 6.07) is 15.7. The molecule has 1 N–H and O–H groups in total. The molecule has 3 aromatic rings. The molecular formula is C17H15BrN2O. The van der Waals surface area contributed by atoms with Crippen molar-refractivity contribution >= 4 is 38.3 Å². The Balaban J connectivity index is 1.79. The number of nitrogens with zero attached hydrogens (tertiary/aromatic N) is 1. The lowest BCUT2D eigenvalue weighted by Crippen LogP contribution is -2.13. The van der Waals surface area contributed by atoms with E-state index < -0.39 is 0 Å². The van der Waals surface area contributed by atoms with Gasteiger partial charge in [-0.25, -0.2) is 0 Å². The fourth-order valence-corrected chi connectivity index (χ4v) is 2.67. The Morgan fingerprint density at radius 3 is 2.62 bits per heavy atom. The molecule has 3 rings (SSSR count). The summed E-state index contributed by atoms with van der Waals surface area (Å²) >= 11 is 3.39. The highest BCUT2D eigenvalue weighted by atomic mass is 79.9. The number of aromatic nitrogens is 1. The first kappa shape index (κ1) is 13.9. The molecule has 0 radical (unpaired) electrons. The lowest BCUT2D eigenvalue weighted by Gasteiger charge is -2.05. The third-order valence-corrected chi connectivity index (χ3v) is 4.02. The number of carbonyl (C=O) groups is 1. The fraction of sp³-hybridized carbons (Fsp3) is 0.118. The van der Waals surface area contributed by atoms with Crippen LogP contribution >= 0.6 is 15.9 Å². The number of halogens is 1. The van der Waals surface area contributed by atoms with E-state index in [-0.39, 0.29) is 12.3 Å². The van der Waals surface area contributed by atoms with Crippen LogP contribution in [0, 0.1) is 0 Å². The van der Waals surface area contributed by atoms with E-state index in [9.17, 15) is 4.79 Å². The van der Waals surface area contributed by atoms with Crippen LogP contribution in [0.3, 0.4) is 0 Å². The Morgan fingerprint density at radius 1 is 1.14 bits per heavy atom. The van der Waals surface area contributed by atoms with Gasteiger partial charge >= 0.3 is 0 Å². The molecule has 0 fully saturated rings. The molecule has 1 heterocycles. The molecule has 0 bridgehead atoms. The summed E-state index contributed by atoms with van der Waals surface area (Å²) in [4.78, 5) is 12.4. The summed E-state index contributed by atoms with van der Waals surface area (Å²) in [5.41, 5.74) is 2.77. The van der Waals surface area contributed by atoms with Gasteiger partial charge in [0.25, 0.3) is 0 Å². The average Bonchev–Trinajstić information content (AvgIpc) is 2.84. The number of hydrogen-bond acceptors (Lipinski definition) is 2. The van der Waals surface area contributed by atoms with Crippen molar-refractivity contribution in [3.05, 3.63) is 64.8 Å². The van der Waals surface area contributed by atoms with Crippen molar-refractivity contribution in [3.8, 4) is 0 Å². The van der Waals surface area contributed by atoms with Gasteiger partial charge < -0.3 is 9.88 Å². The minimum absolute atomic E-state index is 0.0923. The zero-order valence-corrected chi connectivity index (χ0v) is 13.2. The van der Waals surface area contributed by atoms with Crippen molar-refractivity contribution in [3.63, 3.8) is 0 Å². The van der Waals surface area contributed by atoms with E-state index in [1.165, 1.54) is 0 Å². The minimum atomic E-state index is 0.0923. The number of benzene rings is 2. The number of fused-ring (bicyclic) bond motifs is 1. The Morgan fingerprint density at radius 2 is 1.86 bits per heavy atom. The highest BCUT2D eigenvalue weighted by Gasteiger charge is 2.13. The van der Waals surface area contributed by atoms with Crippen molar-refractivity contribution < 1.29 is 4.79 Å². The molecule has 3 nitrogen and oxygen atoms in total. The molecule has 0 saturated heterocycles. The Hall–Kier alpha value is -2.07. The first-order chi connectivity index (χ1) is 10.1. The number of anilines is 1. The van der Waals surface area contributed by atoms with Crippen molar-refractivity contribution in [2.45, 2.75) is 0 Å². The lowest BCUT2D eigenvalue weighted by atomic mass is 10.1. The number of nitrogens with one attached hydrogen (secondary N) is 1. The van der Waals surface area contributed by atoms with Gasteiger partial charge in [0.05, 0.1) is 6.54 Å². The molecule has 0 unspecified atom stereocenters. The summed E-state index contributed by atoms with van der Waals surface area (Å²) in [5.74, 6) is 0.0923. The first-order valence-electron chi connectivity index (χ1n) is 6.72. The molecule has 21 heavy (non-hydrogen) atoms. The molecule has 1 aromatic heterocycles. The third-order valence-electron chi connectivity index (χ3n) is 3.49. The number of para-hydroxylation sites is 1. The van der Waals surface area contributed by atoms with Crippen molar-refractivity contribution in [1.29, 1.82) is 0 Å². The molecule has 0 spiro atoms. The second-order valence-corrected chi connectivity index (χ2v) is 5.87. The number of ketones is 1. The number of hydrogen-bond donors (Lipinski definition) is 1. The number of Topliss-reactive ketones (excluding diaryl/α,β-unsaturated/α-hetero) is 1. The SMILES string of the molecule is Cn1cc(C(=O)CNc2ccc(Br)cc2)c2ccccc21. The van der Waals surface area contributed by atoms with Gasteiger partial charge in [0.2, 0.25) is 0 Å². The molecule has 4 heteroatoms. The van der Waals surface area contributed by atoms with Gasteiger partial charge in [-0.05, 0) is 30.3 Å². The Labute approximate surface area is 131 Å². The minimum Gasteiger partial charge on any atom is -0.378 e. The molecule has 0 aliphatic carbocycles. The lowest BCUT2D eigenvalue weighted by molar-refractivity contribution is 0.101. The molecule has 0 saturated carbocycles. The van der Waals surface area contributed by atoms with Gasteiger partial charge in [-0.15, -0.1) is 0 Å². The summed E-state index contributed by atoms with van der Waals surface area (Å²) in [7, 11) is 1.96. The van der Waals surface area contributed by atoms with Crippen LogP contribution in [0.5, 0.6) is 0 Å². The summed E-state index contributed by atoms with van der Waals surface area (Å²) in [6.07, 6.45) is 1.90. The molecule has 0 amide bonds. The quantitative estimate of drug-likeness (QED) is 0.719. The van der Waals surface area contributed by atoms with Crippen LogP contribution < -0.4 is 5.32 Å². The van der Waals surface area contributed by atoms with Crippen LogP contribution in [0.4, 0.5) is 5.69 Å². The summed E-state index contributed by atoms with van der Waals surface area (Å²) < 4.78 is 3.01. The highest BCUT2D eigenvalue weighted by Crippen LogP contribution is 2.21. The van der Waals surface area contributed by atoms with Crippen LogP contribution in [0.15, 0.2) is 59.2 Å². The molecular weight excluding hydrogens is 328 g/mol. The van der Waals surface area contributed by atoms with Crippen LogP contribution in [-0.2, 0) is 7.05 Å². The van der Waals surface area contributed by atoms with E-state index >= 15 is 0 Å². The largest absolute Gasteiger partial charge is 0.378 e. The molecule has 2 aromatic carbocycles. The zero-order valence-electron chi connectivity index (χ0n) is 11.6. The number of carbonyl (C=O) groups excluding carboxylic acids is 1. The van der Waals surface area contributed by atoms with Crippen molar-refractivity contribution in [2.24, 2.45) is 7.05 Å². The van der Waals surface area contributed by atoms with E-state index in [0.29, 0.717) is 0 Å². The van der Waals surface area contributed by atoms with E-state index in [1.54, 1.807) is 0 Å². The topological polar surface area (TPSA) is 34.0 Å². The summed E-state index contributed by atoms with van der Waals surface area (Å²) in [5, 5.41) is 4.17. The standard InChI is InChI=1S/C17H15BrN2O/c1-20-11-15(14-4-2-3-5-16(14)20)17(21)10-19-13-8-6-12(18)7-9-13/h2-9,11,19H,10H2,1H3. The molecule has 0 aliphatic rings. The molecule has 0 atom stereocenters. The van der Waals surface area contributed by atoms with Gasteiger partial charge in [0.1, 0.15) is 0 Å². The van der Waals surface area contributed by atoms with E-state index in [4.69, 9.17) is 0 Å². The van der Waals surface area contributed by atoms with Gasteiger partial charge in [0, 0.05) is 39.9 Å². The monoisotopic (exact) mass is 342 g/mol. The highest BCUT2D eigenvalue weighted by molar-refractivity contribution is 9.10. The Bertz CT molecular complexity index is 790. The molecule has 106 valence electrons. The van der Waals surface area contributed by atoms with Gasteiger partial charge in [0.15, 0.2) is 5.78 Å². The predicted octanol–water partition coefficient (Wildman–Crippen LogP) is 4.24. The van der Waals surface area contributed by atoms with Crippen molar-refractivity contribution in [1.82, 2.24) is 4.57 Å². The van der Waals surface area contributed by atoms with Crippen LogP contribution in [-0.4, -0.2) is 16.9 Å². The first-order valence-corrected chi connectivity index (χ1v) is 7.51. The second-order valence-electron chi connectivity index (χ2n) is 4.95. The smallest absolute Gasteiger partial charge is 0.184 e. The maximum atomic E-state index is 12.4.